The summed E-state index contributed by atoms with van der Waals surface area (Å²) in [6, 6.07) is 0. The van der Waals surface area contributed by atoms with E-state index in [0.717, 1.165) is 11.3 Å². The maximum Gasteiger partial charge on any atom is 0.0219 e. The molecular weight excluding hydrogens is 116 g/mol. The van der Waals surface area contributed by atoms with Gasteiger partial charge >= 0.3 is 0 Å². The van der Waals surface area contributed by atoms with Crippen LogP contribution in [0.25, 0.3) is 0 Å². The lowest BCUT2D eigenvalue weighted by atomic mass is 10.1. The van der Waals surface area contributed by atoms with Gasteiger partial charge in [0.05, 0.1) is 0 Å². The molecular formula is C7H8S. The molecule has 0 nitrogen and oxygen atoms in total. The highest BCUT2D eigenvalue weighted by molar-refractivity contribution is 7.80. The summed E-state index contributed by atoms with van der Waals surface area (Å²) < 4.78 is 0. The molecule has 0 aromatic rings. The molecule has 42 valence electrons. The molecule has 0 atom stereocenters. The van der Waals surface area contributed by atoms with E-state index >= 15 is 0 Å². The third-order valence-corrected chi connectivity index (χ3v) is 1.71. The number of rotatable bonds is 0. The van der Waals surface area contributed by atoms with E-state index in [0.29, 0.717) is 0 Å². The van der Waals surface area contributed by atoms with E-state index in [4.69, 9.17) is 12.2 Å². The highest BCUT2D eigenvalue weighted by atomic mass is 32.1. The summed E-state index contributed by atoms with van der Waals surface area (Å²) in [7, 11) is 0. The Morgan fingerprint density at radius 2 is 2.38 bits per heavy atom. The summed E-state index contributed by atoms with van der Waals surface area (Å²) in [5.41, 5.74) is 1.24. The minimum absolute atomic E-state index is 0.956. The van der Waals surface area contributed by atoms with E-state index in [2.05, 4.69) is 6.08 Å². The quantitative estimate of drug-likeness (QED) is 0.446. The van der Waals surface area contributed by atoms with E-state index in [9.17, 15) is 0 Å². The molecule has 0 aromatic carbocycles. The van der Waals surface area contributed by atoms with Crippen LogP contribution < -0.4 is 0 Å². The van der Waals surface area contributed by atoms with Crippen molar-refractivity contribution in [3.63, 3.8) is 0 Å². The van der Waals surface area contributed by atoms with Crippen molar-refractivity contribution in [3.8, 4) is 0 Å². The van der Waals surface area contributed by atoms with Crippen molar-refractivity contribution in [2.75, 3.05) is 0 Å². The van der Waals surface area contributed by atoms with E-state index in [1.807, 2.05) is 19.1 Å². The van der Waals surface area contributed by atoms with Crippen molar-refractivity contribution in [1.82, 2.24) is 0 Å². The largest absolute Gasteiger partial charge is 0.0843 e. The molecule has 0 aromatic heterocycles. The molecule has 0 saturated heterocycles. The van der Waals surface area contributed by atoms with Gasteiger partial charge in [0.25, 0.3) is 0 Å². The normalized spacial score (nSPS) is 18.6. The average Bonchev–Trinajstić information content (AvgIpc) is 1.77. The van der Waals surface area contributed by atoms with Crippen molar-refractivity contribution in [1.29, 1.82) is 0 Å². The topological polar surface area (TPSA) is 0 Å². The average molecular weight is 124 g/mol. The highest BCUT2D eigenvalue weighted by Gasteiger charge is 1.97. The number of thiocarbonyl (C=S) groups is 1. The molecule has 1 aliphatic rings. The van der Waals surface area contributed by atoms with Crippen LogP contribution in [0.4, 0.5) is 0 Å². The van der Waals surface area contributed by atoms with E-state index in [-0.39, 0.29) is 0 Å². The summed E-state index contributed by atoms with van der Waals surface area (Å²) >= 11 is 5.01. The van der Waals surface area contributed by atoms with Crippen molar-refractivity contribution in [3.05, 3.63) is 23.8 Å². The second kappa shape index (κ2) is 2.23. The molecule has 0 radical (unpaired) electrons. The standard InChI is InChI=1S/C7H8S/c1-6-4-2-3-5-7(6)8/h2-4H,5H2,1H3. The van der Waals surface area contributed by atoms with Crippen molar-refractivity contribution in [2.45, 2.75) is 13.3 Å². The first-order valence-electron chi connectivity index (χ1n) is 2.67. The van der Waals surface area contributed by atoms with E-state index in [1.165, 1.54) is 5.57 Å². The van der Waals surface area contributed by atoms with Gasteiger partial charge in [0, 0.05) is 11.3 Å². The smallest absolute Gasteiger partial charge is 0.0219 e. The molecule has 0 spiro atoms. The predicted molar refractivity (Wildman–Crippen MR) is 40.1 cm³/mol. The predicted octanol–water partition coefficient (Wildman–Crippen LogP) is 2.26. The van der Waals surface area contributed by atoms with Crippen LogP contribution in [-0.2, 0) is 0 Å². The monoisotopic (exact) mass is 124 g/mol. The molecule has 8 heavy (non-hydrogen) atoms. The fraction of sp³-hybridized carbons (Fsp3) is 0.286. The summed E-state index contributed by atoms with van der Waals surface area (Å²) in [5, 5.41) is 0. The van der Waals surface area contributed by atoms with E-state index in [1.54, 1.807) is 0 Å². The van der Waals surface area contributed by atoms with Gasteiger partial charge in [0.1, 0.15) is 0 Å². The van der Waals surface area contributed by atoms with Crippen molar-refractivity contribution in [2.24, 2.45) is 0 Å². The van der Waals surface area contributed by atoms with Crippen LogP contribution in [0.3, 0.4) is 0 Å². The molecule has 0 aliphatic heterocycles. The fourth-order valence-electron chi connectivity index (χ4n) is 0.641. The van der Waals surface area contributed by atoms with Crippen molar-refractivity contribution < 1.29 is 0 Å². The molecule has 0 heterocycles. The first-order valence-corrected chi connectivity index (χ1v) is 3.08. The second-order valence-corrected chi connectivity index (χ2v) is 2.40. The molecule has 0 amide bonds. The first-order chi connectivity index (χ1) is 3.80. The molecule has 1 rings (SSSR count). The fourth-order valence-corrected chi connectivity index (χ4v) is 0.806. The third-order valence-electron chi connectivity index (χ3n) is 1.23. The molecule has 0 unspecified atom stereocenters. The zero-order chi connectivity index (χ0) is 5.98. The Hall–Kier alpha value is -0.430. The molecule has 0 saturated carbocycles. The summed E-state index contributed by atoms with van der Waals surface area (Å²) in [6.07, 6.45) is 7.13. The van der Waals surface area contributed by atoms with Gasteiger partial charge in [-0.25, -0.2) is 0 Å². The Bertz CT molecular complexity index is 163. The van der Waals surface area contributed by atoms with E-state index < -0.39 is 0 Å². The SMILES string of the molecule is CC1=CC=CCC1=S. The van der Waals surface area contributed by atoms with Gasteiger partial charge in [-0.3, -0.25) is 0 Å². The molecule has 0 N–H and O–H groups in total. The maximum atomic E-state index is 5.01. The van der Waals surface area contributed by atoms with Gasteiger partial charge in [-0.05, 0) is 12.5 Å². The lowest BCUT2D eigenvalue weighted by Crippen LogP contribution is -1.96. The lowest BCUT2D eigenvalue weighted by Gasteiger charge is -2.02. The van der Waals surface area contributed by atoms with Crippen LogP contribution in [0.2, 0.25) is 0 Å². The minimum Gasteiger partial charge on any atom is -0.0843 e. The number of hydrogen-bond donors (Lipinski definition) is 0. The van der Waals surface area contributed by atoms with Crippen molar-refractivity contribution >= 4 is 17.1 Å². The summed E-state index contributed by atoms with van der Waals surface area (Å²) in [6.45, 7) is 2.05. The van der Waals surface area contributed by atoms with Crippen LogP contribution in [0, 0.1) is 0 Å². The number of allylic oxidation sites excluding steroid dienone is 4. The lowest BCUT2D eigenvalue weighted by molar-refractivity contribution is 1.42. The van der Waals surface area contributed by atoms with Gasteiger partial charge in [0.2, 0.25) is 0 Å². The van der Waals surface area contributed by atoms with Crippen LogP contribution >= 0.6 is 12.2 Å². The minimum atomic E-state index is 0.956. The molecule has 0 bridgehead atoms. The molecule has 1 aliphatic carbocycles. The molecule has 1 heteroatoms. The van der Waals surface area contributed by atoms with Crippen LogP contribution in [0.15, 0.2) is 23.8 Å². The second-order valence-electron chi connectivity index (χ2n) is 1.91. The number of hydrogen-bond acceptors (Lipinski definition) is 1. The zero-order valence-electron chi connectivity index (χ0n) is 4.85. The van der Waals surface area contributed by atoms with Gasteiger partial charge < -0.3 is 0 Å². The van der Waals surface area contributed by atoms with Gasteiger partial charge in [-0.15, -0.1) is 0 Å². The summed E-state index contributed by atoms with van der Waals surface area (Å²) in [5.74, 6) is 0. The third kappa shape index (κ3) is 1.04. The maximum absolute atomic E-state index is 5.01. The summed E-state index contributed by atoms with van der Waals surface area (Å²) in [4.78, 5) is 1.08. The van der Waals surface area contributed by atoms with Gasteiger partial charge in [0.15, 0.2) is 0 Å². The van der Waals surface area contributed by atoms with Crippen LogP contribution in [-0.4, -0.2) is 4.86 Å². The Morgan fingerprint density at radius 3 is 2.75 bits per heavy atom. The van der Waals surface area contributed by atoms with Crippen LogP contribution in [0.5, 0.6) is 0 Å². The Labute approximate surface area is 54.9 Å². The zero-order valence-corrected chi connectivity index (χ0v) is 5.66. The Morgan fingerprint density at radius 1 is 1.62 bits per heavy atom. The first kappa shape index (κ1) is 5.70. The van der Waals surface area contributed by atoms with Gasteiger partial charge in [-0.1, -0.05) is 30.4 Å². The van der Waals surface area contributed by atoms with Gasteiger partial charge in [-0.2, -0.15) is 0 Å². The Kier molecular flexibility index (Phi) is 1.59. The highest BCUT2D eigenvalue weighted by Crippen LogP contribution is 2.07. The molecule has 0 fully saturated rings. The van der Waals surface area contributed by atoms with Crippen LogP contribution in [0.1, 0.15) is 13.3 Å². The Balaban J connectivity index is 2.80.